The number of rotatable bonds is 4. The van der Waals surface area contributed by atoms with Gasteiger partial charge in [-0.3, -0.25) is 4.79 Å². The zero-order chi connectivity index (χ0) is 15.5. The predicted octanol–water partition coefficient (Wildman–Crippen LogP) is 4.74. The lowest BCUT2D eigenvalue weighted by molar-refractivity contribution is -0.149. The summed E-state index contributed by atoms with van der Waals surface area (Å²) < 4.78 is 52.2. The molecule has 2 aromatic carbocycles. The number of hydrogen-bond donors (Lipinski definition) is 0. The van der Waals surface area contributed by atoms with Crippen molar-refractivity contribution in [3.8, 4) is 0 Å². The number of ketones is 1. The van der Waals surface area contributed by atoms with Crippen LogP contribution in [0.4, 0.5) is 17.6 Å². The standard InChI is InChI=1S/C16H12F4O/c17-13-8-6-11(7-9-13)14(16(18,19)20)10-15(21)12-4-2-1-3-5-12/h1-9,14H,10H2/t14-/m1/s1. The van der Waals surface area contributed by atoms with Gasteiger partial charge in [0.2, 0.25) is 0 Å². The van der Waals surface area contributed by atoms with E-state index in [0.717, 1.165) is 24.3 Å². The Bertz CT molecular complexity index is 602. The smallest absolute Gasteiger partial charge is 0.294 e. The number of carbonyl (C=O) groups excluding carboxylic acids is 1. The van der Waals surface area contributed by atoms with Crippen molar-refractivity contribution in [2.45, 2.75) is 18.5 Å². The van der Waals surface area contributed by atoms with E-state index >= 15 is 0 Å². The van der Waals surface area contributed by atoms with Gasteiger partial charge in [-0.25, -0.2) is 4.39 Å². The van der Waals surface area contributed by atoms with Crippen LogP contribution in [0.25, 0.3) is 0 Å². The minimum absolute atomic E-state index is 0.117. The zero-order valence-corrected chi connectivity index (χ0v) is 10.9. The van der Waals surface area contributed by atoms with Gasteiger partial charge in [-0.1, -0.05) is 42.5 Å². The quantitative estimate of drug-likeness (QED) is 0.588. The molecular formula is C16H12F4O. The van der Waals surface area contributed by atoms with Crippen molar-refractivity contribution in [1.82, 2.24) is 0 Å². The Balaban J connectivity index is 2.26. The summed E-state index contributed by atoms with van der Waals surface area (Å²) in [7, 11) is 0. The van der Waals surface area contributed by atoms with E-state index in [1.165, 1.54) is 12.1 Å². The number of alkyl halides is 3. The van der Waals surface area contributed by atoms with Crippen LogP contribution in [-0.2, 0) is 0 Å². The molecule has 0 aliphatic rings. The first-order valence-electron chi connectivity index (χ1n) is 6.28. The van der Waals surface area contributed by atoms with Crippen LogP contribution in [0.5, 0.6) is 0 Å². The van der Waals surface area contributed by atoms with Crippen molar-refractivity contribution in [3.05, 3.63) is 71.5 Å². The fraction of sp³-hybridized carbons (Fsp3) is 0.188. The Morgan fingerprint density at radius 2 is 1.52 bits per heavy atom. The third-order valence-electron chi connectivity index (χ3n) is 3.15. The maximum absolute atomic E-state index is 13.1. The summed E-state index contributed by atoms with van der Waals surface area (Å²) >= 11 is 0. The fourth-order valence-corrected chi connectivity index (χ4v) is 2.04. The largest absolute Gasteiger partial charge is 0.396 e. The van der Waals surface area contributed by atoms with Crippen LogP contribution in [0.3, 0.4) is 0 Å². The van der Waals surface area contributed by atoms with Crippen molar-refractivity contribution < 1.29 is 22.4 Å². The molecule has 0 amide bonds. The average Bonchev–Trinajstić information content (AvgIpc) is 2.45. The third kappa shape index (κ3) is 3.90. The highest BCUT2D eigenvalue weighted by molar-refractivity contribution is 5.96. The molecule has 0 saturated heterocycles. The number of hydrogen-bond acceptors (Lipinski definition) is 1. The molecule has 0 bridgehead atoms. The topological polar surface area (TPSA) is 17.1 Å². The minimum atomic E-state index is -4.57. The highest BCUT2D eigenvalue weighted by Crippen LogP contribution is 2.38. The lowest BCUT2D eigenvalue weighted by Crippen LogP contribution is -2.23. The maximum atomic E-state index is 13.1. The molecule has 0 fully saturated rings. The summed E-state index contributed by atoms with van der Waals surface area (Å²) in [6.45, 7) is 0. The summed E-state index contributed by atoms with van der Waals surface area (Å²) in [5.74, 6) is -3.15. The van der Waals surface area contributed by atoms with Crippen LogP contribution in [0.1, 0.15) is 28.3 Å². The normalized spacial score (nSPS) is 13.0. The molecule has 0 spiro atoms. The van der Waals surface area contributed by atoms with Crippen LogP contribution >= 0.6 is 0 Å². The van der Waals surface area contributed by atoms with E-state index in [-0.39, 0.29) is 11.1 Å². The molecule has 0 saturated carbocycles. The second kappa shape index (κ2) is 6.08. The number of Topliss-reactive ketones (excluding diaryl/α,β-unsaturated/α-hetero) is 1. The SMILES string of the molecule is O=C(C[C@H](c1ccc(F)cc1)C(F)(F)F)c1ccccc1. The Hall–Kier alpha value is -2.17. The Morgan fingerprint density at radius 1 is 0.952 bits per heavy atom. The first-order valence-corrected chi connectivity index (χ1v) is 6.28. The summed E-state index contributed by atoms with van der Waals surface area (Å²) in [4.78, 5) is 12.0. The molecule has 0 N–H and O–H groups in total. The molecule has 1 atom stereocenters. The summed E-state index contributed by atoms with van der Waals surface area (Å²) in [6, 6.07) is 11.8. The Morgan fingerprint density at radius 3 is 2.05 bits per heavy atom. The number of benzene rings is 2. The second-order valence-electron chi connectivity index (χ2n) is 4.64. The zero-order valence-electron chi connectivity index (χ0n) is 10.9. The molecule has 21 heavy (non-hydrogen) atoms. The molecule has 1 nitrogen and oxygen atoms in total. The highest BCUT2D eigenvalue weighted by atomic mass is 19.4. The summed E-state index contributed by atoms with van der Waals surface area (Å²) in [5, 5.41) is 0. The van der Waals surface area contributed by atoms with Gasteiger partial charge < -0.3 is 0 Å². The molecule has 0 aromatic heterocycles. The molecular weight excluding hydrogens is 284 g/mol. The van der Waals surface area contributed by atoms with Crippen LogP contribution in [0.15, 0.2) is 54.6 Å². The van der Waals surface area contributed by atoms with Gasteiger partial charge in [0.25, 0.3) is 0 Å². The van der Waals surface area contributed by atoms with Crippen molar-refractivity contribution in [1.29, 1.82) is 0 Å². The molecule has 0 aliphatic carbocycles. The molecule has 5 heteroatoms. The first-order chi connectivity index (χ1) is 9.88. The Labute approximate surface area is 119 Å². The summed E-state index contributed by atoms with van der Waals surface area (Å²) in [6.07, 6.45) is -5.26. The molecule has 0 aliphatic heterocycles. The van der Waals surface area contributed by atoms with Gasteiger partial charge in [-0.15, -0.1) is 0 Å². The lowest BCUT2D eigenvalue weighted by Gasteiger charge is -2.20. The van der Waals surface area contributed by atoms with Gasteiger partial charge in [0, 0.05) is 12.0 Å². The predicted molar refractivity (Wildman–Crippen MR) is 70.6 cm³/mol. The fourth-order valence-electron chi connectivity index (χ4n) is 2.04. The monoisotopic (exact) mass is 296 g/mol. The third-order valence-corrected chi connectivity index (χ3v) is 3.15. The van der Waals surface area contributed by atoms with Gasteiger partial charge in [0.1, 0.15) is 5.82 Å². The van der Waals surface area contributed by atoms with Gasteiger partial charge in [0.15, 0.2) is 5.78 Å². The van der Waals surface area contributed by atoms with Crippen molar-refractivity contribution >= 4 is 5.78 Å². The summed E-state index contributed by atoms with van der Waals surface area (Å²) in [5.41, 5.74) is 0.113. The average molecular weight is 296 g/mol. The van der Waals surface area contributed by atoms with Gasteiger partial charge in [-0.2, -0.15) is 13.2 Å². The van der Waals surface area contributed by atoms with Crippen LogP contribution < -0.4 is 0 Å². The molecule has 2 aromatic rings. The molecule has 110 valence electrons. The molecule has 0 heterocycles. The van der Waals surface area contributed by atoms with Crippen LogP contribution in [0.2, 0.25) is 0 Å². The second-order valence-corrected chi connectivity index (χ2v) is 4.64. The number of halogens is 4. The van der Waals surface area contributed by atoms with E-state index in [1.54, 1.807) is 18.2 Å². The van der Waals surface area contributed by atoms with Gasteiger partial charge >= 0.3 is 6.18 Å². The number of carbonyl (C=O) groups is 1. The van der Waals surface area contributed by atoms with Crippen molar-refractivity contribution in [3.63, 3.8) is 0 Å². The van der Waals surface area contributed by atoms with Crippen molar-refractivity contribution in [2.75, 3.05) is 0 Å². The molecule has 0 radical (unpaired) electrons. The van der Waals surface area contributed by atoms with E-state index in [1.807, 2.05) is 0 Å². The minimum Gasteiger partial charge on any atom is -0.294 e. The maximum Gasteiger partial charge on any atom is 0.396 e. The lowest BCUT2D eigenvalue weighted by atomic mass is 9.91. The van der Waals surface area contributed by atoms with E-state index in [4.69, 9.17) is 0 Å². The molecule has 0 unspecified atom stereocenters. The van der Waals surface area contributed by atoms with Crippen molar-refractivity contribution in [2.24, 2.45) is 0 Å². The van der Waals surface area contributed by atoms with Crippen LogP contribution in [0, 0.1) is 5.82 Å². The highest BCUT2D eigenvalue weighted by Gasteiger charge is 2.41. The van der Waals surface area contributed by atoms with E-state index < -0.39 is 30.1 Å². The Kier molecular flexibility index (Phi) is 4.40. The van der Waals surface area contributed by atoms with Gasteiger partial charge in [0.05, 0.1) is 5.92 Å². The van der Waals surface area contributed by atoms with E-state index in [0.29, 0.717) is 0 Å². The van der Waals surface area contributed by atoms with E-state index in [9.17, 15) is 22.4 Å². The van der Waals surface area contributed by atoms with Gasteiger partial charge in [-0.05, 0) is 17.7 Å². The molecule has 2 rings (SSSR count). The first kappa shape index (κ1) is 15.2. The van der Waals surface area contributed by atoms with Crippen LogP contribution in [-0.4, -0.2) is 12.0 Å². The van der Waals surface area contributed by atoms with E-state index in [2.05, 4.69) is 0 Å².